The summed E-state index contributed by atoms with van der Waals surface area (Å²) in [5.74, 6) is 1.57. The fourth-order valence-corrected chi connectivity index (χ4v) is 2.61. The molecule has 102 valence electrons. The predicted molar refractivity (Wildman–Crippen MR) is 74.3 cm³/mol. The molecule has 4 nitrogen and oxygen atoms in total. The Bertz CT molecular complexity index is 358. The van der Waals surface area contributed by atoms with Gasteiger partial charge in [0.25, 0.3) is 0 Å². The molecule has 0 aromatic carbocycles. The minimum Gasteiger partial charge on any atom is -0.316 e. The fourth-order valence-electron chi connectivity index (χ4n) is 2.61. The highest BCUT2D eigenvalue weighted by Crippen LogP contribution is 2.17. The summed E-state index contributed by atoms with van der Waals surface area (Å²) in [4.78, 5) is 2.54. The zero-order valence-electron chi connectivity index (χ0n) is 11.9. The number of nitrogens with zero attached hydrogens (tertiary/aromatic N) is 3. The monoisotopic (exact) mass is 250 g/mol. The molecule has 0 radical (unpaired) electrons. The van der Waals surface area contributed by atoms with Crippen LogP contribution in [0.5, 0.6) is 0 Å². The molecule has 1 aliphatic heterocycles. The molecule has 2 heterocycles. The van der Waals surface area contributed by atoms with Gasteiger partial charge in [0.15, 0.2) is 0 Å². The van der Waals surface area contributed by atoms with Gasteiger partial charge < -0.3 is 5.32 Å². The number of hydrogen-bond donors (Lipinski definition) is 1. The first-order valence-corrected chi connectivity index (χ1v) is 7.04. The van der Waals surface area contributed by atoms with Crippen LogP contribution in [-0.2, 0) is 13.6 Å². The normalized spacial score (nSPS) is 21.0. The summed E-state index contributed by atoms with van der Waals surface area (Å²) in [6, 6.07) is 0. The van der Waals surface area contributed by atoms with Crippen LogP contribution in [0.1, 0.15) is 25.8 Å². The fraction of sp³-hybridized carbons (Fsp3) is 0.786. The Morgan fingerprint density at radius 2 is 2.33 bits per heavy atom. The summed E-state index contributed by atoms with van der Waals surface area (Å²) >= 11 is 0. The Hall–Kier alpha value is -0.870. The third-order valence-electron chi connectivity index (χ3n) is 3.52. The lowest BCUT2D eigenvalue weighted by molar-refractivity contribution is 0.313. The number of nitrogens with one attached hydrogen (secondary N) is 1. The van der Waals surface area contributed by atoms with Gasteiger partial charge in [-0.1, -0.05) is 13.8 Å². The summed E-state index contributed by atoms with van der Waals surface area (Å²) in [5, 5.41) is 7.80. The summed E-state index contributed by atoms with van der Waals surface area (Å²) < 4.78 is 1.88. The molecule has 0 aliphatic carbocycles. The molecule has 0 saturated carbocycles. The summed E-state index contributed by atoms with van der Waals surface area (Å²) in [6.45, 7) is 10.3. The van der Waals surface area contributed by atoms with Crippen molar-refractivity contribution in [2.24, 2.45) is 18.9 Å². The van der Waals surface area contributed by atoms with Crippen molar-refractivity contribution in [2.75, 3.05) is 26.2 Å². The second kappa shape index (κ2) is 6.34. The van der Waals surface area contributed by atoms with Crippen molar-refractivity contribution in [3.8, 4) is 0 Å². The van der Waals surface area contributed by atoms with Crippen molar-refractivity contribution in [3.63, 3.8) is 0 Å². The van der Waals surface area contributed by atoms with Gasteiger partial charge in [-0.3, -0.25) is 9.58 Å². The Balaban J connectivity index is 1.68. The van der Waals surface area contributed by atoms with E-state index in [1.807, 2.05) is 17.9 Å². The molecule has 1 unspecified atom stereocenters. The van der Waals surface area contributed by atoms with Crippen LogP contribution >= 0.6 is 0 Å². The SMILES string of the molecule is CC(C)CNCC1CCN(Cc2cnn(C)c2)C1. The molecule has 1 aromatic heterocycles. The van der Waals surface area contributed by atoms with Crippen molar-refractivity contribution < 1.29 is 0 Å². The summed E-state index contributed by atoms with van der Waals surface area (Å²) in [6.07, 6.45) is 5.42. The van der Waals surface area contributed by atoms with Gasteiger partial charge in [-0.05, 0) is 37.9 Å². The summed E-state index contributed by atoms with van der Waals surface area (Å²) in [7, 11) is 1.98. The van der Waals surface area contributed by atoms with Crippen LogP contribution in [0.4, 0.5) is 0 Å². The lowest BCUT2D eigenvalue weighted by Gasteiger charge is -2.15. The van der Waals surface area contributed by atoms with Crippen LogP contribution in [0.15, 0.2) is 12.4 Å². The maximum atomic E-state index is 4.22. The lowest BCUT2D eigenvalue weighted by Crippen LogP contribution is -2.28. The third kappa shape index (κ3) is 4.10. The lowest BCUT2D eigenvalue weighted by atomic mass is 10.1. The van der Waals surface area contributed by atoms with Gasteiger partial charge in [-0.25, -0.2) is 0 Å². The van der Waals surface area contributed by atoms with Crippen molar-refractivity contribution in [3.05, 3.63) is 18.0 Å². The average Bonchev–Trinajstić information content (AvgIpc) is 2.89. The number of hydrogen-bond acceptors (Lipinski definition) is 3. The Labute approximate surface area is 110 Å². The number of rotatable bonds is 6. The van der Waals surface area contributed by atoms with Crippen LogP contribution in [0.3, 0.4) is 0 Å². The maximum absolute atomic E-state index is 4.22. The molecule has 1 N–H and O–H groups in total. The van der Waals surface area contributed by atoms with Gasteiger partial charge in [-0.15, -0.1) is 0 Å². The quantitative estimate of drug-likeness (QED) is 0.830. The highest BCUT2D eigenvalue weighted by Gasteiger charge is 2.22. The maximum Gasteiger partial charge on any atom is 0.0534 e. The van der Waals surface area contributed by atoms with E-state index in [0.29, 0.717) is 0 Å². The van der Waals surface area contributed by atoms with Gasteiger partial charge in [0, 0.05) is 31.9 Å². The second-order valence-corrected chi connectivity index (χ2v) is 5.96. The van der Waals surface area contributed by atoms with E-state index in [9.17, 15) is 0 Å². The molecule has 2 rings (SSSR count). The number of aryl methyl sites for hydroxylation is 1. The molecule has 4 heteroatoms. The molecule has 1 aliphatic rings. The van der Waals surface area contributed by atoms with Gasteiger partial charge in [0.05, 0.1) is 6.20 Å². The van der Waals surface area contributed by atoms with Crippen molar-refractivity contribution >= 4 is 0 Å². The molecule has 0 bridgehead atoms. The first-order chi connectivity index (χ1) is 8.63. The van der Waals surface area contributed by atoms with Gasteiger partial charge >= 0.3 is 0 Å². The van der Waals surface area contributed by atoms with E-state index in [2.05, 4.69) is 35.4 Å². The number of likely N-dealkylation sites (tertiary alicyclic amines) is 1. The number of aromatic nitrogens is 2. The zero-order valence-corrected chi connectivity index (χ0v) is 11.9. The van der Waals surface area contributed by atoms with Crippen LogP contribution in [0, 0.1) is 11.8 Å². The van der Waals surface area contributed by atoms with Crippen molar-refractivity contribution in [2.45, 2.75) is 26.8 Å². The van der Waals surface area contributed by atoms with Gasteiger partial charge in [-0.2, -0.15) is 5.10 Å². The van der Waals surface area contributed by atoms with Crippen LogP contribution in [-0.4, -0.2) is 40.9 Å². The Kier molecular flexibility index (Phi) is 4.78. The van der Waals surface area contributed by atoms with Crippen LogP contribution in [0.2, 0.25) is 0 Å². The van der Waals surface area contributed by atoms with Gasteiger partial charge in [0.1, 0.15) is 0 Å². The van der Waals surface area contributed by atoms with Crippen molar-refractivity contribution in [1.82, 2.24) is 20.0 Å². The molecular formula is C14H26N4. The molecule has 1 aromatic rings. The summed E-state index contributed by atoms with van der Waals surface area (Å²) in [5.41, 5.74) is 1.33. The van der Waals surface area contributed by atoms with E-state index in [4.69, 9.17) is 0 Å². The molecular weight excluding hydrogens is 224 g/mol. The van der Waals surface area contributed by atoms with Gasteiger partial charge in [0.2, 0.25) is 0 Å². The van der Waals surface area contributed by atoms with Crippen LogP contribution < -0.4 is 5.32 Å². The zero-order chi connectivity index (χ0) is 13.0. The Morgan fingerprint density at radius 3 is 3.00 bits per heavy atom. The largest absolute Gasteiger partial charge is 0.316 e. The average molecular weight is 250 g/mol. The van der Waals surface area contributed by atoms with E-state index >= 15 is 0 Å². The first-order valence-electron chi connectivity index (χ1n) is 7.04. The van der Waals surface area contributed by atoms with E-state index in [1.165, 1.54) is 31.6 Å². The molecule has 1 atom stereocenters. The first kappa shape index (κ1) is 13.6. The van der Waals surface area contributed by atoms with E-state index in [0.717, 1.165) is 24.9 Å². The molecule has 1 saturated heterocycles. The van der Waals surface area contributed by atoms with E-state index < -0.39 is 0 Å². The van der Waals surface area contributed by atoms with Crippen LogP contribution in [0.25, 0.3) is 0 Å². The molecule has 18 heavy (non-hydrogen) atoms. The Morgan fingerprint density at radius 1 is 1.50 bits per heavy atom. The smallest absolute Gasteiger partial charge is 0.0534 e. The van der Waals surface area contributed by atoms with Crippen molar-refractivity contribution in [1.29, 1.82) is 0 Å². The second-order valence-electron chi connectivity index (χ2n) is 5.96. The van der Waals surface area contributed by atoms with E-state index in [-0.39, 0.29) is 0 Å². The molecule has 1 fully saturated rings. The molecule has 0 amide bonds. The predicted octanol–water partition coefficient (Wildman–Crippen LogP) is 1.49. The third-order valence-corrected chi connectivity index (χ3v) is 3.52. The minimum atomic E-state index is 0.748. The molecule has 0 spiro atoms. The highest BCUT2D eigenvalue weighted by atomic mass is 15.2. The standard InChI is InChI=1S/C14H26N4/c1-12(2)6-15-7-13-4-5-18(10-13)11-14-8-16-17(3)9-14/h8-9,12-13,15H,4-7,10-11H2,1-3H3. The van der Waals surface area contributed by atoms with E-state index in [1.54, 1.807) is 0 Å². The minimum absolute atomic E-state index is 0.748. The highest BCUT2D eigenvalue weighted by molar-refractivity contribution is 5.03. The topological polar surface area (TPSA) is 33.1 Å².